The quantitative estimate of drug-likeness (QED) is 0.669. The van der Waals surface area contributed by atoms with Crippen LogP contribution in [-0.4, -0.2) is 55.8 Å². The maximum Gasteiger partial charge on any atom is 0.354 e. The summed E-state index contributed by atoms with van der Waals surface area (Å²) in [5.41, 5.74) is -0.0464. The average molecular weight is 281 g/mol. The standard InChI is InChI=1S/C13H19N3O4/c1-16(9-12(17)14-7-4-8-20-2)11-6-3-5-10(15-11)13(18)19/h3,5-6H,4,7-9H2,1-2H3,(H,14,17)(H,18,19). The molecule has 0 saturated heterocycles. The third-order valence-electron chi connectivity index (χ3n) is 2.57. The lowest BCUT2D eigenvalue weighted by atomic mass is 10.3. The highest BCUT2D eigenvalue weighted by Crippen LogP contribution is 2.09. The molecule has 7 heteroatoms. The minimum Gasteiger partial charge on any atom is -0.477 e. The first kappa shape index (κ1) is 15.9. The number of hydrogen-bond donors (Lipinski definition) is 2. The van der Waals surface area contributed by atoms with E-state index >= 15 is 0 Å². The summed E-state index contributed by atoms with van der Waals surface area (Å²) in [7, 11) is 3.29. The number of carboxylic acid groups (broad SMARTS) is 1. The Morgan fingerprint density at radius 2 is 2.20 bits per heavy atom. The van der Waals surface area contributed by atoms with Gasteiger partial charge in [0.25, 0.3) is 0 Å². The van der Waals surface area contributed by atoms with Crippen LogP contribution in [0.1, 0.15) is 16.9 Å². The van der Waals surface area contributed by atoms with Gasteiger partial charge in [-0.2, -0.15) is 0 Å². The van der Waals surface area contributed by atoms with Crippen molar-refractivity contribution in [3.05, 3.63) is 23.9 Å². The largest absolute Gasteiger partial charge is 0.477 e. The van der Waals surface area contributed by atoms with Gasteiger partial charge in [-0.15, -0.1) is 0 Å². The van der Waals surface area contributed by atoms with Crippen LogP contribution in [0.3, 0.4) is 0 Å². The molecule has 110 valence electrons. The zero-order valence-corrected chi connectivity index (χ0v) is 11.6. The molecule has 1 amide bonds. The molecule has 0 aromatic carbocycles. The second-order valence-electron chi connectivity index (χ2n) is 4.24. The van der Waals surface area contributed by atoms with Gasteiger partial charge in [-0.3, -0.25) is 4.79 Å². The minimum absolute atomic E-state index is 0.0464. The van der Waals surface area contributed by atoms with Gasteiger partial charge in [0, 0.05) is 27.3 Å². The number of pyridine rings is 1. The van der Waals surface area contributed by atoms with Crippen molar-refractivity contribution in [3.63, 3.8) is 0 Å². The van der Waals surface area contributed by atoms with E-state index in [1.165, 1.54) is 6.07 Å². The van der Waals surface area contributed by atoms with E-state index < -0.39 is 5.97 Å². The Morgan fingerprint density at radius 3 is 2.85 bits per heavy atom. The maximum atomic E-state index is 11.7. The van der Waals surface area contributed by atoms with Gasteiger partial charge in [0.1, 0.15) is 5.82 Å². The number of carbonyl (C=O) groups is 2. The number of aromatic carboxylic acids is 1. The van der Waals surface area contributed by atoms with Crippen molar-refractivity contribution in [2.24, 2.45) is 0 Å². The Balaban J connectivity index is 2.49. The van der Waals surface area contributed by atoms with Crippen LogP contribution >= 0.6 is 0 Å². The number of hydrogen-bond acceptors (Lipinski definition) is 5. The van der Waals surface area contributed by atoms with Crippen molar-refractivity contribution < 1.29 is 19.4 Å². The molecule has 0 fully saturated rings. The molecule has 2 N–H and O–H groups in total. The number of amides is 1. The molecule has 1 rings (SSSR count). The van der Waals surface area contributed by atoms with E-state index in [1.54, 1.807) is 31.2 Å². The van der Waals surface area contributed by atoms with Crippen molar-refractivity contribution in [1.82, 2.24) is 10.3 Å². The number of nitrogens with zero attached hydrogens (tertiary/aromatic N) is 2. The van der Waals surface area contributed by atoms with Gasteiger partial charge in [0.05, 0.1) is 6.54 Å². The number of methoxy groups -OCH3 is 1. The summed E-state index contributed by atoms with van der Waals surface area (Å²) in [5.74, 6) is -0.799. The molecular formula is C13H19N3O4. The molecule has 0 bridgehead atoms. The van der Waals surface area contributed by atoms with Crippen LogP contribution < -0.4 is 10.2 Å². The predicted molar refractivity (Wildman–Crippen MR) is 74.0 cm³/mol. The normalized spacial score (nSPS) is 10.1. The van der Waals surface area contributed by atoms with Gasteiger partial charge >= 0.3 is 5.97 Å². The van der Waals surface area contributed by atoms with Crippen LogP contribution in [0.15, 0.2) is 18.2 Å². The summed E-state index contributed by atoms with van der Waals surface area (Å²) in [5, 5.41) is 11.6. The van der Waals surface area contributed by atoms with Gasteiger partial charge in [-0.1, -0.05) is 6.07 Å². The number of likely N-dealkylation sites (N-methyl/N-ethyl adjacent to an activating group) is 1. The van der Waals surface area contributed by atoms with Gasteiger partial charge in [-0.05, 0) is 18.6 Å². The Bertz CT molecular complexity index is 465. The van der Waals surface area contributed by atoms with Crippen LogP contribution in [0.2, 0.25) is 0 Å². The molecule has 7 nitrogen and oxygen atoms in total. The summed E-state index contributed by atoms with van der Waals surface area (Å²) in [6.07, 6.45) is 0.749. The van der Waals surface area contributed by atoms with Crippen molar-refractivity contribution in [1.29, 1.82) is 0 Å². The summed E-state index contributed by atoms with van der Waals surface area (Å²) >= 11 is 0. The SMILES string of the molecule is COCCCNC(=O)CN(C)c1cccc(C(=O)O)n1. The van der Waals surface area contributed by atoms with E-state index in [0.29, 0.717) is 19.0 Å². The predicted octanol–water partition coefficient (Wildman–Crippen LogP) is 0.369. The van der Waals surface area contributed by atoms with Crippen LogP contribution in [-0.2, 0) is 9.53 Å². The first-order valence-corrected chi connectivity index (χ1v) is 6.21. The highest BCUT2D eigenvalue weighted by molar-refractivity contribution is 5.86. The summed E-state index contributed by atoms with van der Waals surface area (Å²) < 4.78 is 4.88. The van der Waals surface area contributed by atoms with E-state index in [0.717, 1.165) is 6.42 Å². The molecular weight excluding hydrogens is 262 g/mol. The molecule has 0 saturated carbocycles. The van der Waals surface area contributed by atoms with E-state index in [9.17, 15) is 9.59 Å². The second-order valence-corrected chi connectivity index (χ2v) is 4.24. The van der Waals surface area contributed by atoms with Crippen molar-refractivity contribution in [2.75, 3.05) is 38.8 Å². The Morgan fingerprint density at radius 1 is 1.45 bits per heavy atom. The molecule has 0 atom stereocenters. The third-order valence-corrected chi connectivity index (χ3v) is 2.57. The second kappa shape index (κ2) is 8.11. The van der Waals surface area contributed by atoms with Gasteiger partial charge in [-0.25, -0.2) is 9.78 Å². The number of carbonyl (C=O) groups excluding carboxylic acids is 1. The molecule has 1 aromatic rings. The van der Waals surface area contributed by atoms with Gasteiger partial charge in [0.15, 0.2) is 5.69 Å². The molecule has 0 unspecified atom stereocenters. The molecule has 0 aliphatic rings. The summed E-state index contributed by atoms with van der Waals surface area (Å²) in [4.78, 5) is 28.1. The topological polar surface area (TPSA) is 91.8 Å². The first-order chi connectivity index (χ1) is 9.54. The van der Waals surface area contributed by atoms with Gasteiger partial charge < -0.3 is 20.1 Å². The third kappa shape index (κ3) is 5.23. The number of ether oxygens (including phenoxy) is 1. The number of rotatable bonds is 8. The first-order valence-electron chi connectivity index (χ1n) is 6.21. The van der Waals surface area contributed by atoms with Crippen LogP contribution in [0.4, 0.5) is 5.82 Å². The van der Waals surface area contributed by atoms with E-state index in [1.807, 2.05) is 0 Å². The molecule has 0 radical (unpaired) electrons. The van der Waals surface area contributed by atoms with Gasteiger partial charge in [0.2, 0.25) is 5.91 Å². The fraction of sp³-hybridized carbons (Fsp3) is 0.462. The fourth-order valence-electron chi connectivity index (χ4n) is 1.55. The molecule has 0 aliphatic heterocycles. The Kier molecular flexibility index (Phi) is 6.45. The van der Waals surface area contributed by atoms with Crippen molar-refractivity contribution in [3.8, 4) is 0 Å². The summed E-state index contributed by atoms with van der Waals surface area (Å²) in [6.45, 7) is 1.25. The van der Waals surface area contributed by atoms with Crippen LogP contribution in [0.25, 0.3) is 0 Å². The highest BCUT2D eigenvalue weighted by Gasteiger charge is 2.11. The van der Waals surface area contributed by atoms with E-state index in [-0.39, 0.29) is 18.1 Å². The molecule has 20 heavy (non-hydrogen) atoms. The zero-order valence-electron chi connectivity index (χ0n) is 11.6. The van der Waals surface area contributed by atoms with Crippen LogP contribution in [0.5, 0.6) is 0 Å². The molecule has 1 heterocycles. The maximum absolute atomic E-state index is 11.7. The minimum atomic E-state index is -1.09. The lowest BCUT2D eigenvalue weighted by Gasteiger charge is -2.17. The van der Waals surface area contributed by atoms with Crippen LogP contribution in [0, 0.1) is 0 Å². The smallest absolute Gasteiger partial charge is 0.354 e. The van der Waals surface area contributed by atoms with E-state index in [4.69, 9.17) is 9.84 Å². The number of nitrogens with one attached hydrogen (secondary N) is 1. The Labute approximate surface area is 117 Å². The average Bonchev–Trinajstić information content (AvgIpc) is 2.43. The monoisotopic (exact) mass is 281 g/mol. The van der Waals surface area contributed by atoms with Crippen molar-refractivity contribution >= 4 is 17.7 Å². The van der Waals surface area contributed by atoms with Crippen molar-refractivity contribution in [2.45, 2.75) is 6.42 Å². The Hall–Kier alpha value is -2.15. The molecule has 0 aliphatic carbocycles. The lowest BCUT2D eigenvalue weighted by molar-refractivity contribution is -0.119. The number of anilines is 1. The number of carboxylic acids is 1. The lowest BCUT2D eigenvalue weighted by Crippen LogP contribution is -2.36. The summed E-state index contributed by atoms with van der Waals surface area (Å²) in [6, 6.07) is 4.66. The molecule has 1 aromatic heterocycles. The fourth-order valence-corrected chi connectivity index (χ4v) is 1.55. The zero-order chi connectivity index (χ0) is 15.0. The number of aromatic nitrogens is 1. The highest BCUT2D eigenvalue weighted by atomic mass is 16.5. The van der Waals surface area contributed by atoms with E-state index in [2.05, 4.69) is 10.3 Å². The molecule has 0 spiro atoms.